The van der Waals surface area contributed by atoms with Gasteiger partial charge in [-0.25, -0.2) is 0 Å². The summed E-state index contributed by atoms with van der Waals surface area (Å²) in [6.07, 6.45) is 1.43. The molecule has 2 unspecified atom stereocenters. The molecule has 1 aliphatic rings. The number of hydrogen-bond donors (Lipinski definition) is 2. The molecule has 6 nitrogen and oxygen atoms in total. The average molecular weight is 335 g/mol. The molecule has 3 rings (SSSR count). The minimum atomic E-state index is -0.259. The summed E-state index contributed by atoms with van der Waals surface area (Å²) < 4.78 is 5.90. The quantitative estimate of drug-likeness (QED) is 0.895. The molecule has 1 aromatic heterocycles. The third-order valence-electron chi connectivity index (χ3n) is 3.93. The summed E-state index contributed by atoms with van der Waals surface area (Å²) in [4.78, 5) is 14.6. The number of halogens is 1. The van der Waals surface area contributed by atoms with Crippen molar-refractivity contribution in [3.8, 4) is 0 Å². The fraction of sp³-hybridized carbons (Fsp3) is 0.375. The number of nitrogens with one attached hydrogen (secondary N) is 2. The number of carbonyl (C=O) groups is 1. The zero-order chi connectivity index (χ0) is 16.2. The lowest BCUT2D eigenvalue weighted by Gasteiger charge is -2.35. The second kappa shape index (κ2) is 7.12. The minimum Gasteiger partial charge on any atom is -0.373 e. The van der Waals surface area contributed by atoms with Gasteiger partial charge in [-0.15, -0.1) is 0 Å². The van der Waals surface area contributed by atoms with E-state index in [1.54, 1.807) is 12.3 Å². The first-order valence-electron chi connectivity index (χ1n) is 7.49. The van der Waals surface area contributed by atoms with Crippen molar-refractivity contribution >= 4 is 17.5 Å². The molecule has 2 atom stereocenters. The molecule has 1 fully saturated rings. The lowest BCUT2D eigenvalue weighted by Crippen LogP contribution is -2.48. The second-order valence-electron chi connectivity index (χ2n) is 5.64. The number of amides is 1. The van der Waals surface area contributed by atoms with Crippen LogP contribution >= 0.6 is 11.6 Å². The Bertz CT molecular complexity index is 645. The number of H-pyrrole nitrogens is 1. The van der Waals surface area contributed by atoms with Gasteiger partial charge < -0.3 is 15.0 Å². The number of rotatable bonds is 4. The van der Waals surface area contributed by atoms with E-state index in [9.17, 15) is 4.79 Å². The maximum Gasteiger partial charge on any atom is 0.269 e. The van der Waals surface area contributed by atoms with Crippen molar-refractivity contribution in [2.45, 2.75) is 12.1 Å². The van der Waals surface area contributed by atoms with Crippen LogP contribution in [0.2, 0.25) is 5.02 Å². The van der Waals surface area contributed by atoms with E-state index in [0.717, 1.165) is 18.7 Å². The predicted molar refractivity (Wildman–Crippen MR) is 87.5 cm³/mol. The van der Waals surface area contributed by atoms with Crippen LogP contribution in [0.15, 0.2) is 36.5 Å². The largest absolute Gasteiger partial charge is 0.373 e. The summed E-state index contributed by atoms with van der Waals surface area (Å²) >= 11 is 5.97. The fourth-order valence-electron chi connectivity index (χ4n) is 2.68. The Morgan fingerprint density at radius 1 is 1.43 bits per heavy atom. The zero-order valence-corrected chi connectivity index (χ0v) is 13.6. The van der Waals surface area contributed by atoms with E-state index in [1.165, 1.54) is 0 Å². The summed E-state index contributed by atoms with van der Waals surface area (Å²) in [5.74, 6) is -0.209. The smallest absolute Gasteiger partial charge is 0.269 e. The number of aromatic amines is 1. The number of ether oxygens (including phenoxy) is 1. The number of nitrogens with zero attached hydrogens (tertiary/aromatic N) is 2. The molecule has 2 heterocycles. The van der Waals surface area contributed by atoms with Gasteiger partial charge in [0, 0.05) is 24.3 Å². The molecule has 0 radical (unpaired) electrons. The number of morpholine rings is 1. The summed E-state index contributed by atoms with van der Waals surface area (Å²) in [5, 5.41) is 10.2. The highest BCUT2D eigenvalue weighted by Crippen LogP contribution is 2.24. The monoisotopic (exact) mass is 334 g/mol. The SMILES string of the molecule is CN1CCOC(C(NC(=O)c2ccn[nH]2)c2ccc(Cl)cc2)C1. The molecule has 2 N–H and O–H groups in total. The number of carbonyl (C=O) groups excluding carboxylic acids is 1. The molecule has 7 heteroatoms. The van der Waals surface area contributed by atoms with E-state index in [-0.39, 0.29) is 18.1 Å². The minimum absolute atomic E-state index is 0.123. The van der Waals surface area contributed by atoms with E-state index < -0.39 is 0 Å². The van der Waals surface area contributed by atoms with Gasteiger partial charge in [-0.3, -0.25) is 9.89 Å². The number of benzene rings is 1. The van der Waals surface area contributed by atoms with Crippen LogP contribution in [0.3, 0.4) is 0 Å². The van der Waals surface area contributed by atoms with E-state index in [2.05, 4.69) is 20.4 Å². The average Bonchev–Trinajstić information content (AvgIpc) is 3.08. The zero-order valence-electron chi connectivity index (χ0n) is 12.8. The van der Waals surface area contributed by atoms with Crippen LogP contribution in [0.4, 0.5) is 0 Å². The molecule has 0 saturated carbocycles. The van der Waals surface area contributed by atoms with Gasteiger partial charge in [0.05, 0.1) is 18.8 Å². The van der Waals surface area contributed by atoms with Gasteiger partial charge in [0.25, 0.3) is 5.91 Å². The molecule has 23 heavy (non-hydrogen) atoms. The van der Waals surface area contributed by atoms with Gasteiger partial charge in [0.15, 0.2) is 0 Å². The first kappa shape index (κ1) is 16.0. The number of likely N-dealkylation sites (N-methyl/N-ethyl adjacent to an activating group) is 1. The molecule has 122 valence electrons. The first-order chi connectivity index (χ1) is 11.1. The molecule has 1 amide bonds. The van der Waals surface area contributed by atoms with E-state index >= 15 is 0 Å². The molecule has 0 aliphatic carbocycles. The highest BCUT2D eigenvalue weighted by Gasteiger charge is 2.30. The van der Waals surface area contributed by atoms with Gasteiger partial charge >= 0.3 is 0 Å². The molecule has 1 aromatic carbocycles. The lowest BCUT2D eigenvalue weighted by molar-refractivity contribution is -0.0381. The summed E-state index contributed by atoms with van der Waals surface area (Å²) in [6.45, 7) is 2.28. The van der Waals surface area contributed by atoms with Crippen LogP contribution in [0.5, 0.6) is 0 Å². The van der Waals surface area contributed by atoms with Gasteiger partial charge in [0.1, 0.15) is 5.69 Å². The molecule has 2 aromatic rings. The maximum atomic E-state index is 12.4. The van der Waals surface area contributed by atoms with Gasteiger partial charge in [-0.05, 0) is 30.8 Å². The molecule has 0 bridgehead atoms. The van der Waals surface area contributed by atoms with Crippen LogP contribution < -0.4 is 5.32 Å². The molecular weight excluding hydrogens is 316 g/mol. The fourth-order valence-corrected chi connectivity index (χ4v) is 2.80. The molecule has 1 saturated heterocycles. The van der Waals surface area contributed by atoms with E-state index in [0.29, 0.717) is 17.3 Å². The highest BCUT2D eigenvalue weighted by atomic mass is 35.5. The van der Waals surface area contributed by atoms with Crippen molar-refractivity contribution < 1.29 is 9.53 Å². The van der Waals surface area contributed by atoms with Gasteiger partial charge in [0.2, 0.25) is 0 Å². The summed E-state index contributed by atoms with van der Waals surface area (Å²) in [5.41, 5.74) is 1.38. The van der Waals surface area contributed by atoms with Crippen molar-refractivity contribution in [3.63, 3.8) is 0 Å². The van der Waals surface area contributed by atoms with E-state index in [4.69, 9.17) is 16.3 Å². The van der Waals surface area contributed by atoms with Crippen LogP contribution in [0, 0.1) is 0 Å². The Morgan fingerprint density at radius 3 is 2.87 bits per heavy atom. The third kappa shape index (κ3) is 3.90. The topological polar surface area (TPSA) is 70.2 Å². The van der Waals surface area contributed by atoms with Crippen LogP contribution in [-0.4, -0.2) is 53.9 Å². The Morgan fingerprint density at radius 2 is 2.22 bits per heavy atom. The number of aromatic nitrogens is 2. The van der Waals surface area contributed by atoms with Crippen LogP contribution in [0.25, 0.3) is 0 Å². The molecule has 0 spiro atoms. The van der Waals surface area contributed by atoms with E-state index in [1.807, 2.05) is 31.3 Å². The maximum absolute atomic E-state index is 12.4. The summed E-state index contributed by atoms with van der Waals surface area (Å²) in [6, 6.07) is 8.85. The second-order valence-corrected chi connectivity index (χ2v) is 6.08. The van der Waals surface area contributed by atoms with Crippen molar-refractivity contribution in [2.24, 2.45) is 0 Å². The molecular formula is C16H19ClN4O2. The lowest BCUT2D eigenvalue weighted by atomic mass is 9.99. The van der Waals surface area contributed by atoms with Crippen molar-refractivity contribution in [1.82, 2.24) is 20.4 Å². The Labute approximate surface area is 139 Å². The first-order valence-corrected chi connectivity index (χ1v) is 7.87. The van der Waals surface area contributed by atoms with Crippen molar-refractivity contribution in [3.05, 3.63) is 52.8 Å². The third-order valence-corrected chi connectivity index (χ3v) is 4.18. The van der Waals surface area contributed by atoms with Crippen molar-refractivity contribution in [1.29, 1.82) is 0 Å². The number of hydrogen-bond acceptors (Lipinski definition) is 4. The van der Waals surface area contributed by atoms with Crippen LogP contribution in [-0.2, 0) is 4.74 Å². The Balaban J connectivity index is 1.83. The molecule has 1 aliphatic heterocycles. The summed E-state index contributed by atoms with van der Waals surface area (Å²) in [7, 11) is 2.05. The standard InChI is InChI=1S/C16H19ClN4O2/c1-21-8-9-23-14(10-21)15(11-2-4-12(17)5-3-11)19-16(22)13-6-7-18-20-13/h2-7,14-15H,8-10H2,1H3,(H,18,20)(H,19,22). The Kier molecular flexibility index (Phi) is 4.95. The highest BCUT2D eigenvalue weighted by molar-refractivity contribution is 6.30. The Hall–Kier alpha value is -1.89. The van der Waals surface area contributed by atoms with Gasteiger partial charge in [-0.1, -0.05) is 23.7 Å². The normalized spacial score (nSPS) is 20.2. The predicted octanol–water partition coefficient (Wildman–Crippen LogP) is 1.86. The van der Waals surface area contributed by atoms with Crippen molar-refractivity contribution in [2.75, 3.05) is 26.7 Å². The van der Waals surface area contributed by atoms with Gasteiger partial charge in [-0.2, -0.15) is 5.10 Å². The van der Waals surface area contributed by atoms with Crippen LogP contribution in [0.1, 0.15) is 22.1 Å².